The molecule has 0 unspecified atom stereocenters. The third-order valence-corrected chi connectivity index (χ3v) is 4.09. The van der Waals surface area contributed by atoms with Gasteiger partial charge in [0.2, 0.25) is 0 Å². The van der Waals surface area contributed by atoms with Gasteiger partial charge in [0.25, 0.3) is 5.91 Å². The van der Waals surface area contributed by atoms with Crippen LogP contribution in [0.15, 0.2) is 54.7 Å². The Bertz CT molecular complexity index is 860. The summed E-state index contributed by atoms with van der Waals surface area (Å²) >= 11 is 0. The molecule has 1 amide bonds. The first-order valence-corrected chi connectivity index (χ1v) is 7.39. The van der Waals surface area contributed by atoms with Crippen molar-refractivity contribution in [2.75, 3.05) is 6.54 Å². The number of para-hydroxylation sites is 2. The second kappa shape index (κ2) is 5.22. The first kappa shape index (κ1) is 13.0. The van der Waals surface area contributed by atoms with Gasteiger partial charge in [0.05, 0.1) is 17.2 Å². The molecule has 1 aromatic heterocycles. The zero-order chi connectivity index (χ0) is 14.9. The van der Waals surface area contributed by atoms with E-state index in [4.69, 9.17) is 0 Å². The van der Waals surface area contributed by atoms with Gasteiger partial charge in [-0.3, -0.25) is 9.78 Å². The Labute approximate surface area is 128 Å². The third kappa shape index (κ3) is 2.22. The molecule has 0 saturated heterocycles. The molecule has 22 heavy (non-hydrogen) atoms. The molecule has 0 N–H and O–H groups in total. The van der Waals surface area contributed by atoms with Crippen LogP contribution in [0.25, 0.3) is 11.0 Å². The summed E-state index contributed by atoms with van der Waals surface area (Å²) in [7, 11) is 0. The minimum absolute atomic E-state index is 0.0484. The van der Waals surface area contributed by atoms with E-state index >= 15 is 0 Å². The number of carbonyl (C=O) groups excluding carboxylic acids is 1. The van der Waals surface area contributed by atoms with Crippen LogP contribution in [-0.4, -0.2) is 27.3 Å². The highest BCUT2D eigenvalue weighted by Crippen LogP contribution is 2.20. The highest BCUT2D eigenvalue weighted by molar-refractivity contribution is 5.93. The summed E-state index contributed by atoms with van der Waals surface area (Å²) in [6.45, 7) is 1.37. The van der Waals surface area contributed by atoms with Crippen molar-refractivity contribution in [3.8, 4) is 0 Å². The molecule has 0 radical (unpaired) electrons. The van der Waals surface area contributed by atoms with E-state index in [1.165, 1.54) is 11.1 Å². The van der Waals surface area contributed by atoms with Crippen LogP contribution in [0, 0.1) is 0 Å². The molecule has 0 atom stereocenters. The summed E-state index contributed by atoms with van der Waals surface area (Å²) in [4.78, 5) is 23.3. The molecule has 3 aromatic rings. The fourth-order valence-electron chi connectivity index (χ4n) is 2.89. The predicted molar refractivity (Wildman–Crippen MR) is 84.4 cm³/mol. The van der Waals surface area contributed by atoms with Gasteiger partial charge in [0, 0.05) is 13.1 Å². The van der Waals surface area contributed by atoms with Crippen molar-refractivity contribution in [1.82, 2.24) is 14.9 Å². The molecule has 0 fully saturated rings. The van der Waals surface area contributed by atoms with E-state index in [2.05, 4.69) is 22.1 Å². The van der Waals surface area contributed by atoms with Crippen LogP contribution in [0.3, 0.4) is 0 Å². The standard InChI is InChI=1S/C18H15N3O/c22-18(17-11-19-15-7-3-4-8-16(15)20-17)21-10-9-13-5-1-2-6-14(13)12-21/h1-8,11H,9-10,12H2. The fraction of sp³-hybridized carbons (Fsp3) is 0.167. The zero-order valence-corrected chi connectivity index (χ0v) is 12.1. The minimum atomic E-state index is -0.0484. The van der Waals surface area contributed by atoms with Gasteiger partial charge in [0.15, 0.2) is 0 Å². The fourth-order valence-corrected chi connectivity index (χ4v) is 2.89. The highest BCUT2D eigenvalue weighted by atomic mass is 16.2. The smallest absolute Gasteiger partial charge is 0.274 e. The Morgan fingerprint density at radius 1 is 0.955 bits per heavy atom. The van der Waals surface area contributed by atoms with E-state index in [-0.39, 0.29) is 5.91 Å². The largest absolute Gasteiger partial charge is 0.333 e. The number of rotatable bonds is 1. The lowest BCUT2D eigenvalue weighted by Gasteiger charge is -2.28. The molecular weight excluding hydrogens is 274 g/mol. The maximum atomic E-state index is 12.7. The topological polar surface area (TPSA) is 46.1 Å². The number of aromatic nitrogens is 2. The minimum Gasteiger partial charge on any atom is -0.333 e. The second-order valence-electron chi connectivity index (χ2n) is 5.49. The molecule has 0 aliphatic carbocycles. The molecule has 1 aliphatic heterocycles. The van der Waals surface area contributed by atoms with Crippen LogP contribution in [0.2, 0.25) is 0 Å². The summed E-state index contributed by atoms with van der Waals surface area (Å²) in [5, 5.41) is 0. The first-order valence-electron chi connectivity index (χ1n) is 7.39. The summed E-state index contributed by atoms with van der Waals surface area (Å²) in [5.74, 6) is -0.0484. The van der Waals surface area contributed by atoms with Gasteiger partial charge in [-0.05, 0) is 29.7 Å². The van der Waals surface area contributed by atoms with E-state index in [0.29, 0.717) is 12.2 Å². The van der Waals surface area contributed by atoms with Gasteiger partial charge < -0.3 is 4.90 Å². The molecule has 4 nitrogen and oxygen atoms in total. The molecule has 4 heteroatoms. The molecule has 0 bridgehead atoms. The third-order valence-electron chi connectivity index (χ3n) is 4.09. The summed E-state index contributed by atoms with van der Waals surface area (Å²) in [6, 6.07) is 15.9. The van der Waals surface area contributed by atoms with Crippen molar-refractivity contribution in [3.05, 3.63) is 71.5 Å². The molecule has 2 heterocycles. The van der Waals surface area contributed by atoms with E-state index in [9.17, 15) is 4.79 Å². The van der Waals surface area contributed by atoms with Crippen LogP contribution in [-0.2, 0) is 13.0 Å². The summed E-state index contributed by atoms with van der Waals surface area (Å²) in [5.41, 5.74) is 4.53. The van der Waals surface area contributed by atoms with Gasteiger partial charge in [0.1, 0.15) is 5.69 Å². The Balaban J connectivity index is 1.64. The predicted octanol–water partition coefficient (Wildman–Crippen LogP) is 2.83. The van der Waals surface area contributed by atoms with Crippen molar-refractivity contribution < 1.29 is 4.79 Å². The Morgan fingerprint density at radius 3 is 2.55 bits per heavy atom. The molecule has 108 valence electrons. The van der Waals surface area contributed by atoms with Crippen molar-refractivity contribution in [1.29, 1.82) is 0 Å². The van der Waals surface area contributed by atoms with Crippen LogP contribution in [0.5, 0.6) is 0 Å². The van der Waals surface area contributed by atoms with E-state index in [0.717, 1.165) is 24.0 Å². The van der Waals surface area contributed by atoms with Gasteiger partial charge >= 0.3 is 0 Å². The molecule has 0 saturated carbocycles. The lowest BCUT2D eigenvalue weighted by molar-refractivity contribution is 0.0728. The van der Waals surface area contributed by atoms with Crippen molar-refractivity contribution >= 4 is 16.9 Å². The molecular formula is C18H15N3O. The Kier molecular flexibility index (Phi) is 3.07. The van der Waals surface area contributed by atoms with Crippen LogP contribution in [0.4, 0.5) is 0 Å². The Hall–Kier alpha value is -2.75. The van der Waals surface area contributed by atoms with Crippen molar-refractivity contribution in [2.45, 2.75) is 13.0 Å². The van der Waals surface area contributed by atoms with Gasteiger partial charge in [-0.15, -0.1) is 0 Å². The van der Waals surface area contributed by atoms with E-state index < -0.39 is 0 Å². The zero-order valence-electron chi connectivity index (χ0n) is 12.1. The van der Waals surface area contributed by atoms with Gasteiger partial charge in [-0.1, -0.05) is 36.4 Å². The quantitative estimate of drug-likeness (QED) is 0.692. The number of nitrogens with zero attached hydrogens (tertiary/aromatic N) is 3. The number of amides is 1. The number of fused-ring (bicyclic) bond motifs is 2. The van der Waals surface area contributed by atoms with E-state index in [1.54, 1.807) is 6.20 Å². The Morgan fingerprint density at radius 2 is 1.68 bits per heavy atom. The highest BCUT2D eigenvalue weighted by Gasteiger charge is 2.22. The summed E-state index contributed by atoms with van der Waals surface area (Å²) < 4.78 is 0. The average molecular weight is 289 g/mol. The monoisotopic (exact) mass is 289 g/mol. The lowest BCUT2D eigenvalue weighted by Crippen LogP contribution is -2.36. The maximum absolute atomic E-state index is 12.7. The SMILES string of the molecule is O=C(c1cnc2ccccc2n1)N1CCc2ccccc2C1. The molecule has 4 rings (SSSR count). The van der Waals surface area contributed by atoms with Crippen LogP contribution >= 0.6 is 0 Å². The second-order valence-corrected chi connectivity index (χ2v) is 5.49. The van der Waals surface area contributed by atoms with Crippen LogP contribution < -0.4 is 0 Å². The molecule has 1 aliphatic rings. The van der Waals surface area contributed by atoms with Crippen LogP contribution in [0.1, 0.15) is 21.6 Å². The normalized spacial score (nSPS) is 13.9. The number of carbonyl (C=O) groups is 1. The number of benzene rings is 2. The number of hydrogen-bond acceptors (Lipinski definition) is 3. The van der Waals surface area contributed by atoms with Gasteiger partial charge in [-0.25, -0.2) is 4.98 Å². The molecule has 2 aromatic carbocycles. The number of hydrogen-bond donors (Lipinski definition) is 0. The maximum Gasteiger partial charge on any atom is 0.274 e. The van der Waals surface area contributed by atoms with Crippen molar-refractivity contribution in [2.24, 2.45) is 0 Å². The lowest BCUT2D eigenvalue weighted by atomic mass is 10.00. The van der Waals surface area contributed by atoms with E-state index in [1.807, 2.05) is 41.3 Å². The van der Waals surface area contributed by atoms with Gasteiger partial charge in [-0.2, -0.15) is 0 Å². The molecule has 0 spiro atoms. The summed E-state index contributed by atoms with van der Waals surface area (Å²) in [6.07, 6.45) is 2.47. The first-order chi connectivity index (χ1) is 10.8. The average Bonchev–Trinajstić information content (AvgIpc) is 2.60. The van der Waals surface area contributed by atoms with Crippen molar-refractivity contribution in [3.63, 3.8) is 0 Å².